The molecule has 0 atom stereocenters. The van der Waals surface area contributed by atoms with Crippen LogP contribution in [-0.4, -0.2) is 18.0 Å². The van der Waals surface area contributed by atoms with Gasteiger partial charge in [-0.3, -0.25) is 9.54 Å². The SMILES string of the molecule is Cc1ccc2cc(S(=O)(=O)O)cc(N)c2n1. The Hall–Kier alpha value is -1.66. The highest BCUT2D eigenvalue weighted by Gasteiger charge is 2.12. The topological polar surface area (TPSA) is 93.3 Å². The van der Waals surface area contributed by atoms with Gasteiger partial charge in [-0.15, -0.1) is 0 Å². The van der Waals surface area contributed by atoms with Crippen LogP contribution >= 0.6 is 0 Å². The van der Waals surface area contributed by atoms with Crippen LogP contribution in [-0.2, 0) is 10.1 Å². The zero-order valence-electron chi connectivity index (χ0n) is 8.51. The fourth-order valence-electron chi connectivity index (χ4n) is 1.48. The average Bonchev–Trinajstić information content (AvgIpc) is 2.17. The van der Waals surface area contributed by atoms with Gasteiger partial charge in [-0.25, -0.2) is 0 Å². The van der Waals surface area contributed by atoms with Crippen molar-refractivity contribution in [1.29, 1.82) is 0 Å². The van der Waals surface area contributed by atoms with E-state index in [0.29, 0.717) is 10.9 Å². The summed E-state index contributed by atoms with van der Waals surface area (Å²) in [5, 5.41) is 0.582. The molecule has 0 saturated heterocycles. The third kappa shape index (κ3) is 1.84. The van der Waals surface area contributed by atoms with Crippen molar-refractivity contribution in [2.75, 3.05) is 5.73 Å². The number of rotatable bonds is 1. The van der Waals surface area contributed by atoms with Crippen molar-refractivity contribution in [3.8, 4) is 0 Å². The number of nitrogen functional groups attached to an aromatic ring is 1. The minimum absolute atomic E-state index is 0.219. The lowest BCUT2D eigenvalue weighted by Gasteiger charge is -2.05. The number of aromatic nitrogens is 1. The van der Waals surface area contributed by atoms with E-state index in [9.17, 15) is 8.42 Å². The van der Waals surface area contributed by atoms with Crippen molar-refractivity contribution in [2.24, 2.45) is 0 Å². The first-order valence-electron chi connectivity index (χ1n) is 4.52. The van der Waals surface area contributed by atoms with E-state index in [1.807, 2.05) is 6.92 Å². The molecule has 3 N–H and O–H groups in total. The summed E-state index contributed by atoms with van der Waals surface area (Å²) in [6, 6.07) is 6.00. The van der Waals surface area contributed by atoms with Crippen molar-refractivity contribution in [3.05, 3.63) is 30.0 Å². The molecule has 5 nitrogen and oxygen atoms in total. The van der Waals surface area contributed by atoms with Crippen LogP contribution in [0.5, 0.6) is 0 Å². The zero-order chi connectivity index (χ0) is 11.9. The lowest BCUT2D eigenvalue weighted by atomic mass is 10.2. The Labute approximate surface area is 92.7 Å². The second-order valence-electron chi connectivity index (χ2n) is 3.51. The predicted octanol–water partition coefficient (Wildman–Crippen LogP) is 1.37. The standard InChI is InChI=1S/C10H10N2O3S/c1-6-2-3-7-4-8(16(13,14)15)5-9(11)10(7)12-6/h2-5H,11H2,1H3,(H,13,14,15). The van der Waals surface area contributed by atoms with Crippen molar-refractivity contribution < 1.29 is 13.0 Å². The number of aryl methyl sites for hydroxylation is 1. The largest absolute Gasteiger partial charge is 0.397 e. The van der Waals surface area contributed by atoms with E-state index in [0.717, 1.165) is 5.69 Å². The number of anilines is 1. The summed E-state index contributed by atoms with van der Waals surface area (Å²) in [5.41, 5.74) is 7.24. The number of pyridine rings is 1. The summed E-state index contributed by atoms with van der Waals surface area (Å²) in [6.07, 6.45) is 0. The van der Waals surface area contributed by atoms with Gasteiger partial charge in [-0.05, 0) is 25.1 Å². The Morgan fingerprint density at radius 3 is 2.62 bits per heavy atom. The highest BCUT2D eigenvalue weighted by Crippen LogP contribution is 2.24. The zero-order valence-corrected chi connectivity index (χ0v) is 9.32. The average molecular weight is 238 g/mol. The fourth-order valence-corrected chi connectivity index (χ4v) is 2.03. The molecule has 1 heterocycles. The first-order chi connectivity index (χ1) is 7.38. The number of hydrogen-bond acceptors (Lipinski definition) is 4. The van der Waals surface area contributed by atoms with Crippen LogP contribution in [0.1, 0.15) is 5.69 Å². The summed E-state index contributed by atoms with van der Waals surface area (Å²) in [4.78, 5) is 3.98. The predicted molar refractivity (Wildman–Crippen MR) is 60.7 cm³/mol. The third-order valence-corrected chi connectivity index (χ3v) is 3.06. The van der Waals surface area contributed by atoms with E-state index in [1.54, 1.807) is 12.1 Å². The van der Waals surface area contributed by atoms with Gasteiger partial charge in [0, 0.05) is 11.1 Å². The first-order valence-corrected chi connectivity index (χ1v) is 5.96. The molecule has 0 aliphatic rings. The molecular weight excluding hydrogens is 228 g/mol. The van der Waals surface area contributed by atoms with Crippen LogP contribution in [0.15, 0.2) is 29.2 Å². The first kappa shape index (κ1) is 10.8. The van der Waals surface area contributed by atoms with Gasteiger partial charge in [0.25, 0.3) is 10.1 Å². The maximum absolute atomic E-state index is 11.0. The molecule has 2 aromatic rings. The molecule has 0 amide bonds. The Balaban J connectivity index is 2.84. The highest BCUT2D eigenvalue weighted by atomic mass is 32.2. The Kier molecular flexibility index (Phi) is 2.32. The molecule has 0 bridgehead atoms. The number of hydrogen-bond donors (Lipinski definition) is 2. The van der Waals surface area contributed by atoms with Gasteiger partial charge < -0.3 is 5.73 Å². The summed E-state index contributed by atoms with van der Waals surface area (Å²) in [7, 11) is -4.23. The van der Waals surface area contributed by atoms with Gasteiger partial charge in [0.1, 0.15) is 0 Å². The summed E-state index contributed by atoms with van der Waals surface area (Å²) < 4.78 is 30.9. The number of benzene rings is 1. The quantitative estimate of drug-likeness (QED) is 0.578. The van der Waals surface area contributed by atoms with Crippen LogP contribution in [0.2, 0.25) is 0 Å². The van der Waals surface area contributed by atoms with Gasteiger partial charge in [-0.2, -0.15) is 8.42 Å². The van der Waals surface area contributed by atoms with Crippen LogP contribution < -0.4 is 5.73 Å². The van der Waals surface area contributed by atoms with E-state index in [2.05, 4.69) is 4.98 Å². The molecule has 0 unspecified atom stereocenters. The lowest BCUT2D eigenvalue weighted by molar-refractivity contribution is 0.483. The second-order valence-corrected chi connectivity index (χ2v) is 4.93. The molecule has 0 saturated carbocycles. The van der Waals surface area contributed by atoms with Crippen LogP contribution in [0.25, 0.3) is 10.9 Å². The molecule has 0 spiro atoms. The maximum Gasteiger partial charge on any atom is 0.294 e. The summed E-state index contributed by atoms with van der Waals surface area (Å²) in [6.45, 7) is 1.82. The monoisotopic (exact) mass is 238 g/mol. The molecule has 0 aliphatic carbocycles. The van der Waals surface area contributed by atoms with Gasteiger partial charge in [-0.1, -0.05) is 6.07 Å². The molecule has 1 aromatic carbocycles. The Bertz CT molecular complexity index is 665. The van der Waals surface area contributed by atoms with Gasteiger partial charge in [0.05, 0.1) is 16.1 Å². The van der Waals surface area contributed by atoms with Crippen LogP contribution in [0.3, 0.4) is 0 Å². The van der Waals surface area contributed by atoms with Crippen molar-refractivity contribution in [3.63, 3.8) is 0 Å². The van der Waals surface area contributed by atoms with E-state index in [1.165, 1.54) is 12.1 Å². The molecule has 1 aromatic heterocycles. The van der Waals surface area contributed by atoms with E-state index in [-0.39, 0.29) is 10.6 Å². The van der Waals surface area contributed by atoms with Crippen LogP contribution in [0, 0.1) is 6.92 Å². The summed E-state index contributed by atoms with van der Waals surface area (Å²) >= 11 is 0. The fraction of sp³-hybridized carbons (Fsp3) is 0.100. The molecule has 0 aliphatic heterocycles. The van der Waals surface area contributed by atoms with E-state index < -0.39 is 10.1 Å². The molecule has 16 heavy (non-hydrogen) atoms. The maximum atomic E-state index is 11.0. The van der Waals surface area contributed by atoms with Crippen molar-refractivity contribution >= 4 is 26.7 Å². The van der Waals surface area contributed by atoms with Crippen LogP contribution in [0.4, 0.5) is 5.69 Å². The number of nitrogens with two attached hydrogens (primary N) is 1. The smallest absolute Gasteiger partial charge is 0.294 e. The molecule has 6 heteroatoms. The van der Waals surface area contributed by atoms with E-state index in [4.69, 9.17) is 10.3 Å². The Morgan fingerprint density at radius 2 is 2.00 bits per heavy atom. The van der Waals surface area contributed by atoms with Gasteiger partial charge in [0.2, 0.25) is 0 Å². The minimum Gasteiger partial charge on any atom is -0.397 e. The van der Waals surface area contributed by atoms with E-state index >= 15 is 0 Å². The van der Waals surface area contributed by atoms with Crippen molar-refractivity contribution in [1.82, 2.24) is 4.98 Å². The molecule has 84 valence electrons. The number of nitrogens with zero attached hydrogens (tertiary/aromatic N) is 1. The normalized spacial score (nSPS) is 11.9. The molecular formula is C10H10N2O3S. The molecule has 0 radical (unpaired) electrons. The van der Waals surface area contributed by atoms with Crippen molar-refractivity contribution in [2.45, 2.75) is 11.8 Å². The van der Waals surface area contributed by atoms with Gasteiger partial charge in [0.15, 0.2) is 0 Å². The molecule has 2 rings (SSSR count). The Morgan fingerprint density at radius 1 is 1.31 bits per heavy atom. The summed E-state index contributed by atoms with van der Waals surface area (Å²) in [5.74, 6) is 0. The second kappa shape index (κ2) is 3.43. The van der Waals surface area contributed by atoms with Gasteiger partial charge >= 0.3 is 0 Å². The lowest BCUT2D eigenvalue weighted by Crippen LogP contribution is -2.01. The third-order valence-electron chi connectivity index (χ3n) is 2.23. The molecule has 0 fully saturated rings. The number of fused-ring (bicyclic) bond motifs is 1. The highest BCUT2D eigenvalue weighted by molar-refractivity contribution is 7.85. The minimum atomic E-state index is -4.23.